The molecule has 0 aliphatic heterocycles. The summed E-state index contributed by atoms with van der Waals surface area (Å²) in [6.45, 7) is 0.452. The minimum atomic E-state index is -0.396. The van der Waals surface area contributed by atoms with Crippen molar-refractivity contribution in [2.24, 2.45) is 5.73 Å². The first kappa shape index (κ1) is 12.5. The van der Waals surface area contributed by atoms with Crippen molar-refractivity contribution in [3.8, 4) is 5.75 Å². The molecule has 1 heterocycles. The van der Waals surface area contributed by atoms with E-state index in [1.54, 1.807) is 29.1 Å². The van der Waals surface area contributed by atoms with Gasteiger partial charge in [-0.05, 0) is 17.7 Å². The van der Waals surface area contributed by atoms with Crippen LogP contribution in [0.3, 0.4) is 0 Å². The third-order valence-corrected chi connectivity index (χ3v) is 2.69. The van der Waals surface area contributed by atoms with Crippen molar-refractivity contribution < 1.29 is 9.13 Å². The smallest absolute Gasteiger partial charge is 0.167 e. The number of hydrogen-bond donors (Lipinski definition) is 1. The second kappa shape index (κ2) is 5.14. The molecule has 0 atom stereocenters. The lowest BCUT2D eigenvalue weighted by Gasteiger charge is -2.08. The van der Waals surface area contributed by atoms with Crippen LogP contribution in [0.25, 0.3) is 0 Å². The molecule has 94 valence electrons. The van der Waals surface area contributed by atoms with Gasteiger partial charge in [0, 0.05) is 18.9 Å². The summed E-state index contributed by atoms with van der Waals surface area (Å²) in [7, 11) is 1.43. The highest BCUT2D eigenvalue weighted by Crippen LogP contribution is 2.18. The van der Waals surface area contributed by atoms with Gasteiger partial charge in [0.15, 0.2) is 17.4 Å². The second-order valence-electron chi connectivity index (χ2n) is 3.71. The van der Waals surface area contributed by atoms with E-state index in [-0.39, 0.29) is 10.7 Å². The Balaban J connectivity index is 2.26. The molecule has 0 spiro atoms. The normalized spacial score (nSPS) is 10.3. The van der Waals surface area contributed by atoms with Gasteiger partial charge in [-0.25, -0.2) is 9.37 Å². The molecule has 0 aliphatic rings. The Morgan fingerprint density at radius 2 is 2.33 bits per heavy atom. The summed E-state index contributed by atoms with van der Waals surface area (Å²) in [6.07, 6.45) is 3.35. The molecule has 0 saturated carbocycles. The maximum atomic E-state index is 13.5. The summed E-state index contributed by atoms with van der Waals surface area (Å²) in [5, 5.41) is 0. The van der Waals surface area contributed by atoms with E-state index in [9.17, 15) is 4.39 Å². The van der Waals surface area contributed by atoms with E-state index in [0.29, 0.717) is 12.4 Å². The van der Waals surface area contributed by atoms with E-state index in [1.165, 1.54) is 13.2 Å². The molecule has 0 bridgehead atoms. The predicted molar refractivity (Wildman–Crippen MR) is 70.2 cm³/mol. The van der Waals surface area contributed by atoms with E-state index >= 15 is 0 Å². The fraction of sp³-hybridized carbons (Fsp3) is 0.167. The van der Waals surface area contributed by atoms with Gasteiger partial charge in [0.1, 0.15) is 4.99 Å². The highest BCUT2D eigenvalue weighted by atomic mass is 32.1. The highest BCUT2D eigenvalue weighted by Gasteiger charge is 2.08. The number of thiocarbonyl (C=S) groups is 1. The van der Waals surface area contributed by atoms with Crippen LogP contribution < -0.4 is 10.5 Å². The van der Waals surface area contributed by atoms with Gasteiger partial charge in [-0.3, -0.25) is 0 Å². The number of ether oxygens (including phenoxy) is 1. The van der Waals surface area contributed by atoms with Crippen molar-refractivity contribution in [1.82, 2.24) is 9.55 Å². The summed E-state index contributed by atoms with van der Waals surface area (Å²) in [5.41, 5.74) is 6.32. The first-order valence-corrected chi connectivity index (χ1v) is 5.66. The molecule has 0 amide bonds. The van der Waals surface area contributed by atoms with Gasteiger partial charge >= 0.3 is 0 Å². The van der Waals surface area contributed by atoms with Crippen molar-refractivity contribution in [2.45, 2.75) is 6.54 Å². The Hall–Kier alpha value is -1.95. The average molecular weight is 265 g/mol. The van der Waals surface area contributed by atoms with Gasteiger partial charge in [-0.2, -0.15) is 0 Å². The maximum Gasteiger partial charge on any atom is 0.167 e. The molecule has 0 radical (unpaired) electrons. The third-order valence-electron chi connectivity index (χ3n) is 2.50. The lowest BCUT2D eigenvalue weighted by Crippen LogP contribution is -2.17. The first-order valence-electron chi connectivity index (χ1n) is 5.25. The SMILES string of the molecule is COc1ccc(Cn2ccnc2C(N)=S)cc1F. The number of nitrogens with zero attached hydrogens (tertiary/aromatic N) is 2. The van der Waals surface area contributed by atoms with Crippen LogP contribution in [-0.2, 0) is 6.54 Å². The second-order valence-corrected chi connectivity index (χ2v) is 4.15. The standard InChI is InChI=1S/C12H12FN3OS/c1-17-10-3-2-8(6-9(10)13)7-16-5-4-15-12(16)11(14)18/h2-6H,7H2,1H3,(H2,14,18). The molecule has 2 aromatic rings. The fourth-order valence-corrected chi connectivity index (χ4v) is 1.84. The number of hydrogen-bond acceptors (Lipinski definition) is 3. The number of rotatable bonds is 4. The maximum absolute atomic E-state index is 13.5. The lowest BCUT2D eigenvalue weighted by atomic mass is 10.2. The van der Waals surface area contributed by atoms with Crippen molar-refractivity contribution in [3.63, 3.8) is 0 Å². The number of halogens is 1. The molecule has 2 N–H and O–H groups in total. The summed E-state index contributed by atoms with van der Waals surface area (Å²) >= 11 is 4.89. The van der Waals surface area contributed by atoms with E-state index in [4.69, 9.17) is 22.7 Å². The van der Waals surface area contributed by atoms with Crippen LogP contribution in [0.1, 0.15) is 11.4 Å². The Morgan fingerprint density at radius 3 is 2.94 bits per heavy atom. The molecule has 0 aliphatic carbocycles. The number of methoxy groups -OCH3 is 1. The monoisotopic (exact) mass is 265 g/mol. The summed E-state index contributed by atoms with van der Waals surface area (Å²) < 4.78 is 20.2. The fourth-order valence-electron chi connectivity index (χ4n) is 1.67. The Kier molecular flexibility index (Phi) is 3.57. The van der Waals surface area contributed by atoms with Crippen LogP contribution in [0.2, 0.25) is 0 Å². The van der Waals surface area contributed by atoms with E-state index in [2.05, 4.69) is 4.98 Å². The summed E-state index contributed by atoms with van der Waals surface area (Å²) in [5.74, 6) is 0.340. The zero-order valence-electron chi connectivity index (χ0n) is 9.76. The van der Waals surface area contributed by atoms with Gasteiger partial charge < -0.3 is 15.0 Å². The van der Waals surface area contributed by atoms with E-state index in [1.807, 2.05) is 0 Å². The minimum Gasteiger partial charge on any atom is -0.494 e. The van der Waals surface area contributed by atoms with E-state index < -0.39 is 5.82 Å². The van der Waals surface area contributed by atoms with Crippen molar-refractivity contribution in [3.05, 3.63) is 47.8 Å². The number of aromatic nitrogens is 2. The molecule has 1 aromatic heterocycles. The van der Waals surface area contributed by atoms with Crippen LogP contribution >= 0.6 is 12.2 Å². The largest absolute Gasteiger partial charge is 0.494 e. The van der Waals surface area contributed by atoms with Gasteiger partial charge in [-0.1, -0.05) is 18.3 Å². The molecule has 0 saturated heterocycles. The van der Waals surface area contributed by atoms with Crippen LogP contribution in [0, 0.1) is 5.82 Å². The first-order chi connectivity index (χ1) is 8.61. The van der Waals surface area contributed by atoms with Crippen LogP contribution in [0.15, 0.2) is 30.6 Å². The van der Waals surface area contributed by atoms with Crippen molar-refractivity contribution >= 4 is 17.2 Å². The van der Waals surface area contributed by atoms with Gasteiger partial charge in [0.25, 0.3) is 0 Å². The molecule has 1 aromatic carbocycles. The molecule has 0 fully saturated rings. The lowest BCUT2D eigenvalue weighted by molar-refractivity contribution is 0.386. The molecule has 6 heteroatoms. The van der Waals surface area contributed by atoms with Crippen molar-refractivity contribution in [2.75, 3.05) is 7.11 Å². The summed E-state index contributed by atoms with van der Waals surface area (Å²) in [4.78, 5) is 4.26. The molecule has 18 heavy (non-hydrogen) atoms. The van der Waals surface area contributed by atoms with Gasteiger partial charge in [0.2, 0.25) is 0 Å². The topological polar surface area (TPSA) is 53.1 Å². The summed E-state index contributed by atoms with van der Waals surface area (Å²) in [6, 6.07) is 4.79. The molecule has 0 unspecified atom stereocenters. The van der Waals surface area contributed by atoms with E-state index in [0.717, 1.165) is 5.56 Å². The zero-order chi connectivity index (χ0) is 13.1. The zero-order valence-corrected chi connectivity index (χ0v) is 10.6. The number of imidazole rings is 1. The van der Waals surface area contributed by atoms with Gasteiger partial charge in [-0.15, -0.1) is 0 Å². The Morgan fingerprint density at radius 1 is 1.56 bits per heavy atom. The van der Waals surface area contributed by atoms with Crippen LogP contribution in [-0.4, -0.2) is 21.6 Å². The van der Waals surface area contributed by atoms with Crippen LogP contribution in [0.5, 0.6) is 5.75 Å². The number of nitrogens with two attached hydrogens (primary N) is 1. The number of benzene rings is 1. The van der Waals surface area contributed by atoms with Crippen molar-refractivity contribution in [1.29, 1.82) is 0 Å². The molecular weight excluding hydrogens is 253 g/mol. The predicted octanol–water partition coefficient (Wildman–Crippen LogP) is 1.71. The quantitative estimate of drug-likeness (QED) is 0.855. The average Bonchev–Trinajstić information content (AvgIpc) is 2.77. The molecule has 4 nitrogen and oxygen atoms in total. The van der Waals surface area contributed by atoms with Crippen LogP contribution in [0.4, 0.5) is 4.39 Å². The van der Waals surface area contributed by atoms with Gasteiger partial charge in [0.05, 0.1) is 7.11 Å². The third kappa shape index (κ3) is 2.48. The minimum absolute atomic E-state index is 0.217. The Bertz CT molecular complexity index is 582. The highest BCUT2D eigenvalue weighted by molar-refractivity contribution is 7.80. The molecular formula is C12H12FN3OS. The molecule has 2 rings (SSSR count). The Labute approximate surface area is 109 Å².